The Bertz CT molecular complexity index is 1100. The fourth-order valence-corrected chi connectivity index (χ4v) is 10.5. The lowest BCUT2D eigenvalue weighted by Crippen LogP contribution is -2.27. The molecule has 3 aromatic rings. The summed E-state index contributed by atoms with van der Waals surface area (Å²) in [5.74, 6) is 0. The van der Waals surface area contributed by atoms with Gasteiger partial charge in [-0.1, -0.05) is 113 Å². The van der Waals surface area contributed by atoms with Gasteiger partial charge in [0, 0.05) is 25.3 Å². The van der Waals surface area contributed by atoms with Gasteiger partial charge in [-0.2, -0.15) is 0 Å². The SMILES string of the molecule is Cc1cccc(-c2cccc(N(C)C)c2-c2ccccc2P(C2CCCCC2)C2CCCCC2)c1. The highest BCUT2D eigenvalue weighted by atomic mass is 31.1. The Morgan fingerprint density at radius 1 is 0.657 bits per heavy atom. The van der Waals surface area contributed by atoms with Crippen LogP contribution in [0.4, 0.5) is 5.69 Å². The largest absolute Gasteiger partial charge is 0.377 e. The van der Waals surface area contributed by atoms with Gasteiger partial charge in [-0.3, -0.25) is 0 Å². The first-order valence-corrected chi connectivity index (χ1v) is 15.4. The van der Waals surface area contributed by atoms with E-state index in [2.05, 4.69) is 92.6 Å². The van der Waals surface area contributed by atoms with Crippen molar-refractivity contribution in [3.63, 3.8) is 0 Å². The van der Waals surface area contributed by atoms with E-state index >= 15 is 0 Å². The summed E-state index contributed by atoms with van der Waals surface area (Å²) in [7, 11) is 4.23. The number of hydrogen-bond acceptors (Lipinski definition) is 1. The maximum absolute atomic E-state index is 2.52. The average molecular weight is 484 g/mol. The minimum atomic E-state index is -0.174. The number of hydrogen-bond donors (Lipinski definition) is 0. The molecule has 3 aromatic carbocycles. The van der Waals surface area contributed by atoms with Crippen LogP contribution in [0.3, 0.4) is 0 Å². The molecule has 0 aromatic heterocycles. The van der Waals surface area contributed by atoms with Gasteiger partial charge < -0.3 is 4.90 Å². The highest BCUT2D eigenvalue weighted by molar-refractivity contribution is 7.67. The Hall–Kier alpha value is -2.11. The lowest BCUT2D eigenvalue weighted by molar-refractivity contribution is 0.487. The molecule has 2 aliphatic rings. The van der Waals surface area contributed by atoms with Gasteiger partial charge in [0.05, 0.1) is 0 Å². The van der Waals surface area contributed by atoms with Gasteiger partial charge in [0.15, 0.2) is 0 Å². The number of anilines is 1. The molecule has 2 fully saturated rings. The van der Waals surface area contributed by atoms with Crippen molar-refractivity contribution < 1.29 is 0 Å². The molecule has 0 aliphatic heterocycles. The normalized spacial score (nSPS) is 17.6. The van der Waals surface area contributed by atoms with E-state index in [0.29, 0.717) is 0 Å². The topological polar surface area (TPSA) is 3.24 Å². The van der Waals surface area contributed by atoms with Crippen molar-refractivity contribution in [2.75, 3.05) is 19.0 Å². The van der Waals surface area contributed by atoms with Crippen LogP contribution >= 0.6 is 7.92 Å². The summed E-state index contributed by atoms with van der Waals surface area (Å²) >= 11 is 0. The molecule has 0 atom stereocenters. The number of rotatable bonds is 6. The predicted molar refractivity (Wildman–Crippen MR) is 157 cm³/mol. The smallest absolute Gasteiger partial charge is 0.0447 e. The van der Waals surface area contributed by atoms with Crippen molar-refractivity contribution in [3.05, 3.63) is 72.3 Å². The van der Waals surface area contributed by atoms with Crippen LogP contribution < -0.4 is 10.2 Å². The summed E-state index contributed by atoms with van der Waals surface area (Å²) in [6.07, 6.45) is 14.4. The first kappa shape index (κ1) is 24.6. The fraction of sp³-hybridized carbons (Fsp3) is 0.455. The van der Waals surface area contributed by atoms with Crippen molar-refractivity contribution in [2.24, 2.45) is 0 Å². The monoisotopic (exact) mass is 483 g/mol. The van der Waals surface area contributed by atoms with E-state index in [1.54, 1.807) is 5.30 Å². The van der Waals surface area contributed by atoms with E-state index in [-0.39, 0.29) is 7.92 Å². The molecule has 0 N–H and O–H groups in total. The second-order valence-corrected chi connectivity index (χ2v) is 13.7. The zero-order valence-electron chi connectivity index (χ0n) is 22.0. The molecule has 35 heavy (non-hydrogen) atoms. The van der Waals surface area contributed by atoms with E-state index in [1.165, 1.54) is 97.7 Å². The standard InChI is InChI=1S/C33H42NP/c1-25-14-12-15-26(24-25)29-21-13-22-31(34(2)3)33(29)30-20-10-11-23-32(30)35(27-16-6-4-7-17-27)28-18-8-5-9-19-28/h10-15,20-24,27-28H,4-9,16-19H2,1-3H3. The van der Waals surface area contributed by atoms with Gasteiger partial charge in [-0.25, -0.2) is 0 Å². The summed E-state index contributed by atoms with van der Waals surface area (Å²) in [6.45, 7) is 2.21. The minimum absolute atomic E-state index is 0.174. The molecule has 0 heterocycles. The summed E-state index contributed by atoms with van der Waals surface area (Å²) in [5, 5.41) is 1.68. The number of aryl methyl sites for hydroxylation is 1. The molecule has 5 rings (SSSR count). The number of benzene rings is 3. The first-order valence-electron chi connectivity index (χ1n) is 13.9. The third kappa shape index (κ3) is 5.36. The van der Waals surface area contributed by atoms with Crippen molar-refractivity contribution in [1.82, 2.24) is 0 Å². The molecule has 0 amide bonds. The predicted octanol–water partition coefficient (Wildman–Crippen LogP) is 9.17. The average Bonchev–Trinajstić information content (AvgIpc) is 2.90. The molecule has 0 bridgehead atoms. The van der Waals surface area contributed by atoms with Crippen molar-refractivity contribution >= 4 is 18.9 Å². The van der Waals surface area contributed by atoms with Crippen LogP contribution in [-0.4, -0.2) is 25.4 Å². The van der Waals surface area contributed by atoms with Crippen LogP contribution in [-0.2, 0) is 0 Å². The quantitative estimate of drug-likeness (QED) is 0.316. The maximum atomic E-state index is 2.52. The highest BCUT2D eigenvalue weighted by Gasteiger charge is 2.34. The molecule has 1 nitrogen and oxygen atoms in total. The fourth-order valence-electron chi connectivity index (χ4n) is 6.57. The molecular formula is C33H42NP. The zero-order valence-corrected chi connectivity index (χ0v) is 22.9. The molecule has 0 unspecified atom stereocenters. The van der Waals surface area contributed by atoms with E-state index < -0.39 is 0 Å². The van der Waals surface area contributed by atoms with Gasteiger partial charge in [-0.15, -0.1) is 0 Å². The van der Waals surface area contributed by atoms with Crippen molar-refractivity contribution in [3.8, 4) is 22.3 Å². The lowest BCUT2D eigenvalue weighted by Gasteiger charge is -2.40. The molecule has 184 valence electrons. The molecule has 2 saturated carbocycles. The van der Waals surface area contributed by atoms with E-state index in [4.69, 9.17) is 0 Å². The Kier molecular flexibility index (Phi) is 7.94. The molecule has 2 aliphatic carbocycles. The highest BCUT2D eigenvalue weighted by Crippen LogP contribution is 2.57. The van der Waals surface area contributed by atoms with Gasteiger partial charge in [0.1, 0.15) is 0 Å². The molecule has 0 saturated heterocycles. The summed E-state index contributed by atoms with van der Waals surface area (Å²) in [4.78, 5) is 2.31. The van der Waals surface area contributed by atoms with E-state index in [0.717, 1.165) is 11.3 Å². The van der Waals surface area contributed by atoms with Gasteiger partial charge in [-0.05, 0) is 72.0 Å². The summed E-state index contributed by atoms with van der Waals surface area (Å²) < 4.78 is 0. The third-order valence-electron chi connectivity index (χ3n) is 8.24. The third-order valence-corrected chi connectivity index (χ3v) is 11.8. The molecule has 0 radical (unpaired) electrons. The number of nitrogens with zero attached hydrogens (tertiary/aromatic N) is 1. The van der Waals surface area contributed by atoms with Crippen LogP contribution in [0.5, 0.6) is 0 Å². The van der Waals surface area contributed by atoms with Crippen LogP contribution in [0, 0.1) is 6.92 Å². The zero-order chi connectivity index (χ0) is 24.2. The van der Waals surface area contributed by atoms with Gasteiger partial charge in [0.2, 0.25) is 0 Å². The van der Waals surface area contributed by atoms with Crippen molar-refractivity contribution in [1.29, 1.82) is 0 Å². The Labute approximate surface area is 214 Å². The van der Waals surface area contributed by atoms with Crippen LogP contribution in [0.2, 0.25) is 0 Å². The van der Waals surface area contributed by atoms with E-state index in [1.807, 2.05) is 0 Å². The van der Waals surface area contributed by atoms with Crippen LogP contribution in [0.15, 0.2) is 66.7 Å². The van der Waals surface area contributed by atoms with Crippen LogP contribution in [0.25, 0.3) is 22.3 Å². The summed E-state index contributed by atoms with van der Waals surface area (Å²) in [5.41, 5.74) is 10.1. The van der Waals surface area contributed by atoms with Crippen LogP contribution in [0.1, 0.15) is 69.8 Å². The minimum Gasteiger partial charge on any atom is -0.377 e. The van der Waals surface area contributed by atoms with E-state index in [9.17, 15) is 0 Å². The second kappa shape index (κ2) is 11.3. The maximum Gasteiger partial charge on any atom is 0.0447 e. The Balaban J connectivity index is 1.70. The Morgan fingerprint density at radius 3 is 1.89 bits per heavy atom. The lowest BCUT2D eigenvalue weighted by atomic mass is 9.92. The van der Waals surface area contributed by atoms with Gasteiger partial charge in [0.25, 0.3) is 0 Å². The molecular weight excluding hydrogens is 441 g/mol. The molecule has 0 spiro atoms. The molecule has 2 heteroatoms. The van der Waals surface area contributed by atoms with Gasteiger partial charge >= 0.3 is 0 Å². The first-order chi connectivity index (χ1) is 17.1. The van der Waals surface area contributed by atoms with Crippen molar-refractivity contribution in [2.45, 2.75) is 82.4 Å². The second-order valence-electron chi connectivity index (χ2n) is 11.0. The summed E-state index contributed by atoms with van der Waals surface area (Å²) in [6, 6.07) is 25.5. The Morgan fingerprint density at radius 2 is 1.26 bits per heavy atom.